The molecule has 2 N–H and O–H groups in total. The van der Waals surface area contributed by atoms with Gasteiger partial charge in [0.25, 0.3) is 0 Å². The molecule has 0 aliphatic carbocycles. The molecule has 17 heavy (non-hydrogen) atoms. The summed E-state index contributed by atoms with van der Waals surface area (Å²) in [5, 5.41) is 0. The van der Waals surface area contributed by atoms with Crippen LogP contribution in [0.25, 0.3) is 0 Å². The van der Waals surface area contributed by atoms with Crippen LogP contribution in [0.15, 0.2) is 24.3 Å². The van der Waals surface area contributed by atoms with Crippen LogP contribution in [0.4, 0.5) is 0 Å². The second kappa shape index (κ2) is 6.14. The Morgan fingerprint density at radius 2 is 2.06 bits per heavy atom. The Bertz CT molecular complexity index is 457. The molecule has 0 amide bonds. The number of benzene rings is 1. The maximum atomic E-state index is 11.7. The summed E-state index contributed by atoms with van der Waals surface area (Å²) in [5.41, 5.74) is 7.62. The Balaban J connectivity index is 2.57. The molecule has 0 bridgehead atoms. The monoisotopic (exact) mass is 256 g/mol. The van der Waals surface area contributed by atoms with E-state index in [9.17, 15) is 8.42 Å². The molecule has 0 aromatic heterocycles. The fourth-order valence-corrected chi connectivity index (χ4v) is 2.58. The van der Waals surface area contributed by atoms with Crippen molar-refractivity contribution in [1.82, 2.24) is 4.31 Å². The molecule has 4 nitrogen and oxygen atoms in total. The van der Waals surface area contributed by atoms with Crippen LogP contribution in [-0.4, -0.2) is 38.6 Å². The minimum atomic E-state index is -3.18. The van der Waals surface area contributed by atoms with E-state index >= 15 is 0 Å². The summed E-state index contributed by atoms with van der Waals surface area (Å²) in [7, 11) is -1.58. The first kappa shape index (κ1) is 14.2. The first-order valence-corrected chi connectivity index (χ1v) is 7.26. The number of likely N-dealkylation sites (N-methyl/N-ethyl adjacent to an activating group) is 1. The number of rotatable bonds is 6. The highest BCUT2D eigenvalue weighted by molar-refractivity contribution is 7.89. The van der Waals surface area contributed by atoms with Gasteiger partial charge in [-0.15, -0.1) is 0 Å². The molecule has 5 heteroatoms. The third-order valence-corrected chi connectivity index (χ3v) is 4.53. The van der Waals surface area contributed by atoms with Gasteiger partial charge in [-0.3, -0.25) is 0 Å². The Morgan fingerprint density at radius 1 is 1.35 bits per heavy atom. The van der Waals surface area contributed by atoms with Crippen LogP contribution < -0.4 is 5.73 Å². The molecule has 0 radical (unpaired) electrons. The minimum absolute atomic E-state index is 0.0112. The lowest BCUT2D eigenvalue weighted by Crippen LogP contribution is -2.33. The summed E-state index contributed by atoms with van der Waals surface area (Å²) in [6.07, 6.45) is 0.724. The summed E-state index contributed by atoms with van der Waals surface area (Å²) in [6, 6.07) is 8.09. The van der Waals surface area contributed by atoms with E-state index in [-0.39, 0.29) is 12.3 Å². The van der Waals surface area contributed by atoms with Crippen molar-refractivity contribution >= 4 is 10.0 Å². The summed E-state index contributed by atoms with van der Waals surface area (Å²) in [6.45, 7) is 2.68. The van der Waals surface area contributed by atoms with Crippen LogP contribution in [0.2, 0.25) is 0 Å². The van der Waals surface area contributed by atoms with Gasteiger partial charge in [-0.05, 0) is 18.9 Å². The predicted molar refractivity (Wildman–Crippen MR) is 70.4 cm³/mol. The number of hydrogen-bond donors (Lipinski definition) is 1. The van der Waals surface area contributed by atoms with Crippen LogP contribution in [-0.2, 0) is 16.4 Å². The molecule has 0 aliphatic heterocycles. The summed E-state index contributed by atoms with van der Waals surface area (Å²) in [4.78, 5) is 0. The van der Waals surface area contributed by atoms with Crippen molar-refractivity contribution in [2.75, 3.05) is 25.9 Å². The van der Waals surface area contributed by atoms with Crippen molar-refractivity contribution in [2.45, 2.75) is 13.3 Å². The van der Waals surface area contributed by atoms with Crippen LogP contribution in [0.1, 0.15) is 11.1 Å². The molecule has 0 saturated carbocycles. The molecule has 1 rings (SSSR count). The first-order chi connectivity index (χ1) is 7.95. The van der Waals surface area contributed by atoms with E-state index in [0.29, 0.717) is 6.54 Å². The second-order valence-electron chi connectivity index (χ2n) is 4.17. The summed E-state index contributed by atoms with van der Waals surface area (Å²) >= 11 is 0. The van der Waals surface area contributed by atoms with Gasteiger partial charge in [-0.25, -0.2) is 12.7 Å². The lowest BCUT2D eigenvalue weighted by molar-refractivity contribution is 0.472. The van der Waals surface area contributed by atoms with Crippen molar-refractivity contribution in [1.29, 1.82) is 0 Å². The minimum Gasteiger partial charge on any atom is -0.329 e. The Morgan fingerprint density at radius 3 is 2.65 bits per heavy atom. The Labute approximate surface area is 103 Å². The van der Waals surface area contributed by atoms with Gasteiger partial charge >= 0.3 is 0 Å². The third-order valence-electron chi connectivity index (χ3n) is 2.65. The number of sulfonamides is 1. The summed E-state index contributed by atoms with van der Waals surface area (Å²) in [5.74, 6) is 0.0112. The number of nitrogens with zero attached hydrogens (tertiary/aromatic N) is 1. The average molecular weight is 256 g/mol. The van der Waals surface area contributed by atoms with Crippen LogP contribution in [0.5, 0.6) is 0 Å². The second-order valence-corrected chi connectivity index (χ2v) is 6.36. The van der Waals surface area contributed by atoms with Crippen molar-refractivity contribution in [3.63, 3.8) is 0 Å². The van der Waals surface area contributed by atoms with Gasteiger partial charge in [0.15, 0.2) is 0 Å². The van der Waals surface area contributed by atoms with E-state index in [1.807, 2.05) is 25.1 Å². The van der Waals surface area contributed by atoms with E-state index in [1.165, 1.54) is 9.87 Å². The molecule has 0 saturated heterocycles. The fourth-order valence-electron chi connectivity index (χ4n) is 1.60. The van der Waals surface area contributed by atoms with E-state index in [2.05, 4.69) is 6.07 Å². The van der Waals surface area contributed by atoms with E-state index in [4.69, 9.17) is 5.73 Å². The highest BCUT2D eigenvalue weighted by Gasteiger charge is 2.15. The standard InChI is InChI=1S/C12H20N2O2S/c1-11-4-3-5-12(10-11)6-8-14(2)17(15,16)9-7-13/h3-5,10H,6-9,13H2,1-2H3. The van der Waals surface area contributed by atoms with Crippen molar-refractivity contribution in [3.8, 4) is 0 Å². The zero-order chi connectivity index (χ0) is 12.9. The first-order valence-electron chi connectivity index (χ1n) is 5.65. The molecular formula is C12H20N2O2S. The van der Waals surface area contributed by atoms with Gasteiger partial charge in [-0.1, -0.05) is 29.8 Å². The van der Waals surface area contributed by atoms with Crippen LogP contribution in [0.3, 0.4) is 0 Å². The maximum Gasteiger partial charge on any atom is 0.215 e. The van der Waals surface area contributed by atoms with Crippen LogP contribution >= 0.6 is 0 Å². The predicted octanol–water partition coefficient (Wildman–Crippen LogP) is 0.758. The van der Waals surface area contributed by atoms with Gasteiger partial charge in [0, 0.05) is 20.1 Å². The smallest absolute Gasteiger partial charge is 0.215 e. The molecule has 0 heterocycles. The molecule has 0 unspecified atom stereocenters. The van der Waals surface area contributed by atoms with Crippen molar-refractivity contribution in [2.24, 2.45) is 5.73 Å². The molecule has 1 aromatic carbocycles. The largest absolute Gasteiger partial charge is 0.329 e. The quantitative estimate of drug-likeness (QED) is 0.817. The van der Waals surface area contributed by atoms with Gasteiger partial charge in [0.1, 0.15) is 0 Å². The third kappa shape index (κ3) is 4.46. The molecule has 0 spiro atoms. The normalized spacial score (nSPS) is 12.0. The molecule has 1 aromatic rings. The number of nitrogens with two attached hydrogens (primary N) is 1. The molecule has 0 fully saturated rings. The fraction of sp³-hybridized carbons (Fsp3) is 0.500. The van der Waals surface area contributed by atoms with Gasteiger partial charge in [0.2, 0.25) is 10.0 Å². The van der Waals surface area contributed by atoms with E-state index in [1.54, 1.807) is 7.05 Å². The van der Waals surface area contributed by atoms with E-state index < -0.39 is 10.0 Å². The lowest BCUT2D eigenvalue weighted by Gasteiger charge is -2.16. The van der Waals surface area contributed by atoms with Gasteiger partial charge in [0.05, 0.1) is 5.75 Å². The van der Waals surface area contributed by atoms with Crippen molar-refractivity contribution in [3.05, 3.63) is 35.4 Å². The van der Waals surface area contributed by atoms with Crippen molar-refractivity contribution < 1.29 is 8.42 Å². The summed E-state index contributed by atoms with van der Waals surface area (Å²) < 4.78 is 24.7. The average Bonchev–Trinajstić information content (AvgIpc) is 2.26. The SMILES string of the molecule is Cc1cccc(CCN(C)S(=O)(=O)CCN)c1. The molecule has 96 valence electrons. The Hall–Kier alpha value is -0.910. The molecule has 0 aliphatic rings. The maximum absolute atomic E-state index is 11.7. The highest BCUT2D eigenvalue weighted by Crippen LogP contribution is 2.06. The lowest BCUT2D eigenvalue weighted by atomic mass is 10.1. The van der Waals surface area contributed by atoms with Gasteiger partial charge in [-0.2, -0.15) is 0 Å². The zero-order valence-corrected chi connectivity index (χ0v) is 11.2. The van der Waals surface area contributed by atoms with Gasteiger partial charge < -0.3 is 5.73 Å². The molecular weight excluding hydrogens is 236 g/mol. The Kier molecular flexibility index (Phi) is 5.11. The van der Waals surface area contributed by atoms with Crippen LogP contribution in [0, 0.1) is 6.92 Å². The highest BCUT2D eigenvalue weighted by atomic mass is 32.2. The number of hydrogen-bond acceptors (Lipinski definition) is 3. The topological polar surface area (TPSA) is 63.4 Å². The molecule has 0 atom stereocenters. The van der Waals surface area contributed by atoms with E-state index in [0.717, 1.165) is 12.0 Å². The number of aryl methyl sites for hydroxylation is 1. The zero-order valence-electron chi connectivity index (χ0n) is 10.4.